The number of allylic oxidation sites excluding steroid dienone is 4. The molecule has 2 unspecified atom stereocenters. The van der Waals surface area contributed by atoms with Crippen molar-refractivity contribution >= 4 is 12.6 Å². The van der Waals surface area contributed by atoms with Crippen molar-refractivity contribution in [1.29, 1.82) is 0 Å². The first-order valence-corrected chi connectivity index (χ1v) is 4.19. The Morgan fingerprint density at radius 3 is 1.67 bits per heavy atom. The molecule has 0 spiro atoms. The predicted molar refractivity (Wildman–Crippen MR) is 44.5 cm³/mol. The van der Waals surface area contributed by atoms with Crippen LogP contribution in [0.15, 0.2) is 23.3 Å². The quantitative estimate of drug-likeness (QED) is 0.452. The Morgan fingerprint density at radius 2 is 1.42 bits per heavy atom. The highest BCUT2D eigenvalue weighted by Gasteiger charge is 2.30. The SMILES string of the molecule is O=CC1=C(C=O)C2C=CC1CC2. The molecule has 3 aliphatic carbocycles. The van der Waals surface area contributed by atoms with Gasteiger partial charge in [0.1, 0.15) is 12.6 Å². The minimum absolute atomic E-state index is 0.215. The molecule has 0 aromatic heterocycles. The lowest BCUT2D eigenvalue weighted by molar-refractivity contribution is -0.108. The summed E-state index contributed by atoms with van der Waals surface area (Å²) in [6, 6.07) is 0. The highest BCUT2D eigenvalue weighted by Crippen LogP contribution is 2.38. The summed E-state index contributed by atoms with van der Waals surface area (Å²) < 4.78 is 0. The number of carbonyl (C=O) groups is 2. The molecule has 0 aromatic carbocycles. The second kappa shape index (κ2) is 2.70. The summed E-state index contributed by atoms with van der Waals surface area (Å²) in [5.74, 6) is 0.431. The Kier molecular flexibility index (Phi) is 1.68. The normalized spacial score (nSPS) is 32.3. The second-order valence-corrected chi connectivity index (χ2v) is 3.32. The standard InChI is InChI=1S/C10H10O2/c11-5-9-7-1-2-8(4-3-7)10(9)6-12/h1-2,5-8H,3-4H2. The van der Waals surface area contributed by atoms with Crippen molar-refractivity contribution in [2.45, 2.75) is 12.8 Å². The molecule has 0 amide bonds. The van der Waals surface area contributed by atoms with Gasteiger partial charge in [0.25, 0.3) is 0 Å². The molecule has 62 valence electrons. The van der Waals surface area contributed by atoms with Crippen molar-refractivity contribution < 1.29 is 9.59 Å². The number of fused-ring (bicyclic) bond motifs is 1. The fourth-order valence-corrected chi connectivity index (χ4v) is 2.08. The molecule has 2 atom stereocenters. The summed E-state index contributed by atoms with van der Waals surface area (Å²) in [7, 11) is 0. The molecule has 0 fully saturated rings. The summed E-state index contributed by atoms with van der Waals surface area (Å²) in [5, 5.41) is 0. The van der Waals surface area contributed by atoms with Gasteiger partial charge in [-0.15, -0.1) is 0 Å². The zero-order valence-electron chi connectivity index (χ0n) is 6.69. The Morgan fingerprint density at radius 1 is 1.00 bits per heavy atom. The van der Waals surface area contributed by atoms with Crippen LogP contribution in [0, 0.1) is 11.8 Å². The molecule has 3 rings (SSSR count). The van der Waals surface area contributed by atoms with Crippen LogP contribution in [-0.2, 0) is 9.59 Å². The Balaban J connectivity index is 2.47. The van der Waals surface area contributed by atoms with Crippen LogP contribution in [0.4, 0.5) is 0 Å². The van der Waals surface area contributed by atoms with E-state index in [4.69, 9.17) is 0 Å². The van der Waals surface area contributed by atoms with E-state index >= 15 is 0 Å². The third-order valence-corrected chi connectivity index (χ3v) is 2.75. The molecule has 3 aliphatic rings. The molecule has 2 bridgehead atoms. The zero-order valence-corrected chi connectivity index (χ0v) is 6.69. The monoisotopic (exact) mass is 162 g/mol. The summed E-state index contributed by atoms with van der Waals surface area (Å²) in [5.41, 5.74) is 1.42. The first kappa shape index (κ1) is 7.47. The van der Waals surface area contributed by atoms with Gasteiger partial charge in [-0.2, -0.15) is 0 Å². The molecule has 0 saturated heterocycles. The van der Waals surface area contributed by atoms with Crippen LogP contribution in [-0.4, -0.2) is 12.6 Å². The molecule has 12 heavy (non-hydrogen) atoms. The minimum atomic E-state index is 0.215. The maximum absolute atomic E-state index is 10.7. The van der Waals surface area contributed by atoms with Gasteiger partial charge in [-0.3, -0.25) is 9.59 Å². The van der Waals surface area contributed by atoms with Crippen molar-refractivity contribution in [3.8, 4) is 0 Å². The van der Waals surface area contributed by atoms with E-state index in [0.717, 1.165) is 25.4 Å². The molecule has 0 aromatic rings. The smallest absolute Gasteiger partial charge is 0.147 e. The number of rotatable bonds is 2. The van der Waals surface area contributed by atoms with Crippen LogP contribution in [0.25, 0.3) is 0 Å². The van der Waals surface area contributed by atoms with Gasteiger partial charge in [-0.1, -0.05) is 12.2 Å². The minimum Gasteiger partial charge on any atom is -0.298 e. The van der Waals surface area contributed by atoms with Crippen molar-refractivity contribution in [1.82, 2.24) is 0 Å². The van der Waals surface area contributed by atoms with Gasteiger partial charge in [-0.05, 0) is 12.8 Å². The highest BCUT2D eigenvalue weighted by atomic mass is 16.1. The lowest BCUT2D eigenvalue weighted by Gasteiger charge is -2.31. The van der Waals surface area contributed by atoms with Crippen LogP contribution >= 0.6 is 0 Å². The topological polar surface area (TPSA) is 34.1 Å². The van der Waals surface area contributed by atoms with Crippen LogP contribution in [0.5, 0.6) is 0 Å². The second-order valence-electron chi connectivity index (χ2n) is 3.32. The van der Waals surface area contributed by atoms with Crippen LogP contribution in [0.2, 0.25) is 0 Å². The lowest BCUT2D eigenvalue weighted by atomic mass is 9.72. The van der Waals surface area contributed by atoms with E-state index in [9.17, 15) is 9.59 Å². The molecule has 2 heteroatoms. The van der Waals surface area contributed by atoms with Gasteiger partial charge in [0, 0.05) is 23.0 Å². The van der Waals surface area contributed by atoms with E-state index in [-0.39, 0.29) is 11.8 Å². The van der Waals surface area contributed by atoms with Gasteiger partial charge in [0.2, 0.25) is 0 Å². The van der Waals surface area contributed by atoms with Gasteiger partial charge < -0.3 is 0 Å². The Labute approximate surface area is 71.0 Å². The van der Waals surface area contributed by atoms with Gasteiger partial charge >= 0.3 is 0 Å². The van der Waals surface area contributed by atoms with E-state index in [0.29, 0.717) is 11.1 Å². The average Bonchev–Trinajstić information content (AvgIpc) is 2.18. The predicted octanol–water partition coefficient (Wildman–Crippen LogP) is 1.28. The van der Waals surface area contributed by atoms with Crippen molar-refractivity contribution in [3.63, 3.8) is 0 Å². The summed E-state index contributed by atoms with van der Waals surface area (Å²) in [6.45, 7) is 0. The zero-order chi connectivity index (χ0) is 8.55. The van der Waals surface area contributed by atoms with Gasteiger partial charge in [0.05, 0.1) is 0 Å². The maximum Gasteiger partial charge on any atom is 0.147 e. The summed E-state index contributed by atoms with van der Waals surface area (Å²) in [6.07, 6.45) is 7.81. The van der Waals surface area contributed by atoms with Crippen LogP contribution in [0.3, 0.4) is 0 Å². The van der Waals surface area contributed by atoms with E-state index in [1.54, 1.807) is 0 Å². The van der Waals surface area contributed by atoms with Crippen LogP contribution in [0.1, 0.15) is 12.8 Å². The first-order chi connectivity index (χ1) is 5.86. The summed E-state index contributed by atoms with van der Waals surface area (Å²) >= 11 is 0. The van der Waals surface area contributed by atoms with Crippen LogP contribution < -0.4 is 0 Å². The van der Waals surface area contributed by atoms with E-state index in [1.165, 1.54) is 0 Å². The number of aldehydes is 2. The van der Waals surface area contributed by atoms with Gasteiger partial charge in [-0.25, -0.2) is 0 Å². The fourth-order valence-electron chi connectivity index (χ4n) is 2.08. The third-order valence-electron chi connectivity index (χ3n) is 2.75. The number of hydrogen-bond acceptors (Lipinski definition) is 2. The lowest BCUT2D eigenvalue weighted by Crippen LogP contribution is -2.23. The number of hydrogen-bond donors (Lipinski definition) is 0. The summed E-state index contributed by atoms with van der Waals surface area (Å²) in [4.78, 5) is 21.3. The van der Waals surface area contributed by atoms with Gasteiger partial charge in [0.15, 0.2) is 0 Å². The largest absolute Gasteiger partial charge is 0.298 e. The molecule has 2 nitrogen and oxygen atoms in total. The molecule has 0 radical (unpaired) electrons. The Hall–Kier alpha value is -1.18. The highest BCUT2D eigenvalue weighted by molar-refractivity contribution is 5.89. The molecular weight excluding hydrogens is 152 g/mol. The first-order valence-electron chi connectivity index (χ1n) is 4.19. The van der Waals surface area contributed by atoms with E-state index in [2.05, 4.69) is 0 Å². The molecule has 0 saturated carbocycles. The Bertz CT molecular complexity index is 258. The average molecular weight is 162 g/mol. The molecule has 0 N–H and O–H groups in total. The molecule has 0 aliphatic heterocycles. The van der Waals surface area contributed by atoms with E-state index in [1.807, 2.05) is 12.2 Å². The van der Waals surface area contributed by atoms with E-state index < -0.39 is 0 Å². The van der Waals surface area contributed by atoms with Crippen molar-refractivity contribution in [2.75, 3.05) is 0 Å². The molecule has 0 heterocycles. The molecular formula is C10H10O2. The number of carbonyl (C=O) groups excluding carboxylic acids is 2. The van der Waals surface area contributed by atoms with Crippen molar-refractivity contribution in [3.05, 3.63) is 23.3 Å². The fraction of sp³-hybridized carbons (Fsp3) is 0.400. The third kappa shape index (κ3) is 0.876. The maximum atomic E-state index is 10.7. The van der Waals surface area contributed by atoms with Crippen molar-refractivity contribution in [2.24, 2.45) is 11.8 Å².